The molecule has 1 amide bonds. The number of carbonyl (C=O) groups is 1. The van der Waals surface area contributed by atoms with E-state index in [0.29, 0.717) is 44.4 Å². The van der Waals surface area contributed by atoms with Gasteiger partial charge >= 0.3 is 0 Å². The van der Waals surface area contributed by atoms with Crippen molar-refractivity contribution in [2.24, 2.45) is 5.10 Å². The molecular weight excluding hydrogens is 412 g/mol. The summed E-state index contributed by atoms with van der Waals surface area (Å²) in [4.78, 5) is 16.7. The molecule has 0 atom stereocenters. The van der Waals surface area contributed by atoms with Gasteiger partial charge in [-0.1, -0.05) is 41.1 Å². The highest BCUT2D eigenvalue weighted by Crippen LogP contribution is 2.31. The topological polar surface area (TPSA) is 98.8 Å². The van der Waals surface area contributed by atoms with Gasteiger partial charge in [-0.3, -0.25) is 4.79 Å². The number of carbonyl (C=O) groups excluding carboxylic acids is 1. The molecule has 0 aliphatic heterocycles. The van der Waals surface area contributed by atoms with Gasteiger partial charge in [0.05, 0.1) is 19.0 Å². The highest BCUT2D eigenvalue weighted by Gasteiger charge is 2.14. The molecule has 0 unspecified atom stereocenters. The summed E-state index contributed by atoms with van der Waals surface area (Å²) in [6.07, 6.45) is 1.50. The van der Waals surface area contributed by atoms with Crippen LogP contribution in [-0.2, 0) is 6.61 Å². The van der Waals surface area contributed by atoms with Crippen LogP contribution in [0.15, 0.2) is 47.6 Å². The number of thiazole rings is 1. The molecule has 9 heteroatoms. The number of methoxy groups -OCH3 is 1. The van der Waals surface area contributed by atoms with Crippen molar-refractivity contribution in [2.75, 3.05) is 12.8 Å². The summed E-state index contributed by atoms with van der Waals surface area (Å²) in [7, 11) is 1.56. The Morgan fingerprint density at radius 2 is 2.07 bits per heavy atom. The molecule has 7 nitrogen and oxygen atoms in total. The van der Waals surface area contributed by atoms with Crippen LogP contribution in [0.3, 0.4) is 0 Å². The summed E-state index contributed by atoms with van der Waals surface area (Å²) in [6.45, 7) is 2.04. The third kappa shape index (κ3) is 5.24. The first-order valence-corrected chi connectivity index (χ1v) is 9.78. The first-order chi connectivity index (χ1) is 14.0. The summed E-state index contributed by atoms with van der Waals surface area (Å²) >= 11 is 7.03. The number of aryl methyl sites for hydroxylation is 1. The maximum atomic E-state index is 12.2. The summed E-state index contributed by atoms with van der Waals surface area (Å²) in [5.41, 5.74) is 10.3. The number of aromatic nitrogens is 1. The van der Waals surface area contributed by atoms with Gasteiger partial charge in [-0.2, -0.15) is 5.10 Å². The highest BCUT2D eigenvalue weighted by atomic mass is 35.5. The Bertz CT molecular complexity index is 1030. The van der Waals surface area contributed by atoms with E-state index in [1.165, 1.54) is 6.21 Å². The van der Waals surface area contributed by atoms with Crippen molar-refractivity contribution in [1.29, 1.82) is 0 Å². The van der Waals surface area contributed by atoms with Crippen LogP contribution in [-0.4, -0.2) is 24.2 Å². The van der Waals surface area contributed by atoms with Gasteiger partial charge in [0.25, 0.3) is 5.91 Å². The number of hydrogen-bond donors (Lipinski definition) is 2. The Balaban J connectivity index is 1.74. The van der Waals surface area contributed by atoms with E-state index in [2.05, 4.69) is 15.5 Å². The number of amides is 1. The second-order valence-electron chi connectivity index (χ2n) is 5.96. The van der Waals surface area contributed by atoms with Crippen molar-refractivity contribution in [1.82, 2.24) is 10.4 Å². The van der Waals surface area contributed by atoms with Gasteiger partial charge in [0, 0.05) is 10.6 Å². The molecule has 3 rings (SSSR count). The molecule has 0 fully saturated rings. The fourth-order valence-corrected chi connectivity index (χ4v) is 3.37. The summed E-state index contributed by atoms with van der Waals surface area (Å²) in [5.74, 6) is 0.695. The molecule has 1 aromatic heterocycles. The number of hydrogen-bond acceptors (Lipinski definition) is 7. The molecule has 29 heavy (non-hydrogen) atoms. The number of nitrogen functional groups attached to an aromatic ring is 1. The standard InChI is InChI=1S/C20H19ClN4O3S/c1-12-18(29-20(22)24-12)19(26)25-23-10-14-4-3-5-16(27-2)17(14)28-11-13-6-8-15(21)9-7-13/h3-10H,11H2,1-2H3,(H2,22,24)(H,25,26). The predicted molar refractivity (Wildman–Crippen MR) is 115 cm³/mol. The number of anilines is 1. The van der Waals surface area contributed by atoms with Crippen molar-refractivity contribution in [3.8, 4) is 11.5 Å². The number of para-hydroxylation sites is 1. The van der Waals surface area contributed by atoms with Crippen molar-refractivity contribution in [3.63, 3.8) is 0 Å². The molecule has 3 aromatic rings. The number of nitrogens with one attached hydrogen (secondary N) is 1. The lowest BCUT2D eigenvalue weighted by molar-refractivity contribution is 0.0958. The van der Waals surface area contributed by atoms with E-state index in [4.69, 9.17) is 26.8 Å². The zero-order valence-electron chi connectivity index (χ0n) is 15.8. The van der Waals surface area contributed by atoms with Crippen molar-refractivity contribution < 1.29 is 14.3 Å². The van der Waals surface area contributed by atoms with E-state index in [-0.39, 0.29) is 5.91 Å². The lowest BCUT2D eigenvalue weighted by atomic mass is 10.2. The Morgan fingerprint density at radius 3 is 2.72 bits per heavy atom. The summed E-state index contributed by atoms with van der Waals surface area (Å²) in [6, 6.07) is 12.8. The van der Waals surface area contributed by atoms with Crippen LogP contribution in [0.4, 0.5) is 5.13 Å². The zero-order chi connectivity index (χ0) is 20.8. The predicted octanol–water partition coefficient (Wildman–Crippen LogP) is 4.04. The van der Waals surface area contributed by atoms with E-state index < -0.39 is 0 Å². The molecule has 0 aliphatic carbocycles. The average Bonchev–Trinajstić information content (AvgIpc) is 3.06. The van der Waals surface area contributed by atoms with Crippen LogP contribution in [0.25, 0.3) is 0 Å². The number of halogens is 1. The molecule has 1 heterocycles. The molecule has 0 bridgehead atoms. The van der Waals surface area contributed by atoms with Gasteiger partial charge < -0.3 is 15.2 Å². The van der Waals surface area contributed by atoms with E-state index in [1.54, 1.807) is 32.2 Å². The molecule has 150 valence electrons. The molecule has 3 N–H and O–H groups in total. The number of nitrogens with zero attached hydrogens (tertiary/aromatic N) is 2. The summed E-state index contributed by atoms with van der Waals surface area (Å²) < 4.78 is 11.3. The largest absolute Gasteiger partial charge is 0.493 e. The molecule has 0 spiro atoms. The van der Waals surface area contributed by atoms with Crippen LogP contribution < -0.4 is 20.6 Å². The van der Waals surface area contributed by atoms with Crippen LogP contribution >= 0.6 is 22.9 Å². The average molecular weight is 431 g/mol. The fourth-order valence-electron chi connectivity index (χ4n) is 2.52. The van der Waals surface area contributed by atoms with Crippen LogP contribution in [0.5, 0.6) is 11.5 Å². The Kier molecular flexibility index (Phi) is 6.69. The lowest BCUT2D eigenvalue weighted by Gasteiger charge is -2.13. The second kappa shape index (κ2) is 9.40. The first kappa shape index (κ1) is 20.6. The maximum Gasteiger partial charge on any atom is 0.283 e. The number of benzene rings is 2. The van der Waals surface area contributed by atoms with E-state index in [1.807, 2.05) is 24.3 Å². The minimum Gasteiger partial charge on any atom is -0.493 e. The minimum absolute atomic E-state index is 0.323. The number of hydrazone groups is 1. The van der Waals surface area contributed by atoms with Gasteiger partial charge in [-0.25, -0.2) is 10.4 Å². The van der Waals surface area contributed by atoms with Gasteiger partial charge in [0.2, 0.25) is 0 Å². The number of rotatable bonds is 7. The Morgan fingerprint density at radius 1 is 1.31 bits per heavy atom. The maximum absolute atomic E-state index is 12.2. The normalized spacial score (nSPS) is 10.9. The van der Waals surface area contributed by atoms with Gasteiger partial charge in [0.1, 0.15) is 11.5 Å². The Hall–Kier alpha value is -3.10. The van der Waals surface area contributed by atoms with Crippen LogP contribution in [0, 0.1) is 6.92 Å². The first-order valence-electron chi connectivity index (χ1n) is 8.58. The minimum atomic E-state index is -0.375. The smallest absolute Gasteiger partial charge is 0.283 e. The van der Waals surface area contributed by atoms with Gasteiger partial charge in [0.15, 0.2) is 16.6 Å². The van der Waals surface area contributed by atoms with Crippen LogP contribution in [0.1, 0.15) is 26.5 Å². The van der Waals surface area contributed by atoms with Gasteiger partial charge in [-0.15, -0.1) is 0 Å². The monoisotopic (exact) mass is 430 g/mol. The van der Waals surface area contributed by atoms with Gasteiger partial charge in [-0.05, 0) is 36.8 Å². The molecule has 0 aliphatic rings. The van der Waals surface area contributed by atoms with Crippen molar-refractivity contribution in [3.05, 3.63) is 69.2 Å². The third-order valence-corrected chi connectivity index (χ3v) is 5.15. The molecule has 0 saturated carbocycles. The molecular formula is C20H19ClN4O3S. The third-order valence-electron chi connectivity index (χ3n) is 3.91. The molecule has 0 saturated heterocycles. The SMILES string of the molecule is COc1cccc(C=NNC(=O)c2sc(N)nc2C)c1OCc1ccc(Cl)cc1. The quantitative estimate of drug-likeness (QED) is 0.435. The Labute approximate surface area is 177 Å². The van der Waals surface area contributed by atoms with Crippen LogP contribution in [0.2, 0.25) is 5.02 Å². The number of ether oxygens (including phenoxy) is 2. The highest BCUT2D eigenvalue weighted by molar-refractivity contribution is 7.17. The second-order valence-corrected chi connectivity index (χ2v) is 7.43. The van der Waals surface area contributed by atoms with Crippen molar-refractivity contribution in [2.45, 2.75) is 13.5 Å². The number of nitrogens with two attached hydrogens (primary N) is 1. The van der Waals surface area contributed by atoms with E-state index >= 15 is 0 Å². The van der Waals surface area contributed by atoms with Crippen molar-refractivity contribution >= 4 is 40.2 Å². The molecule has 0 radical (unpaired) electrons. The summed E-state index contributed by atoms with van der Waals surface area (Å²) in [5, 5.41) is 5.03. The van der Waals surface area contributed by atoms with E-state index in [9.17, 15) is 4.79 Å². The zero-order valence-corrected chi connectivity index (χ0v) is 17.4. The van der Waals surface area contributed by atoms with E-state index in [0.717, 1.165) is 16.9 Å². The fraction of sp³-hybridized carbons (Fsp3) is 0.150. The molecule has 2 aromatic carbocycles. The lowest BCUT2D eigenvalue weighted by Crippen LogP contribution is -2.17.